The van der Waals surface area contributed by atoms with Crippen LogP contribution in [0.25, 0.3) is 0 Å². The third-order valence-corrected chi connectivity index (χ3v) is 8.82. The van der Waals surface area contributed by atoms with Crippen LogP contribution in [0.5, 0.6) is 0 Å². The van der Waals surface area contributed by atoms with E-state index in [1.165, 1.54) is 24.3 Å². The molecular formula is C47H38N6O6. The van der Waals surface area contributed by atoms with Gasteiger partial charge in [0.05, 0.1) is 34.1 Å². The molecule has 1 heterocycles. The summed E-state index contributed by atoms with van der Waals surface area (Å²) in [6.45, 7) is 0. The molecule has 0 radical (unpaired) electrons. The van der Waals surface area contributed by atoms with Crippen LogP contribution >= 0.6 is 0 Å². The first-order chi connectivity index (χ1) is 27.9. The Hall–Kier alpha value is -8.22. The molecule has 0 saturated carbocycles. The molecule has 0 aromatic heterocycles. The van der Waals surface area contributed by atoms with Gasteiger partial charge in [-0.25, -0.2) is 38.6 Å². The third-order valence-electron chi connectivity index (χ3n) is 8.82. The molecule has 4 amide bonds. The summed E-state index contributed by atoms with van der Waals surface area (Å²) in [6.07, 6.45) is 8.12. The lowest BCUT2D eigenvalue weighted by atomic mass is 10.0. The van der Waals surface area contributed by atoms with E-state index in [9.17, 15) is 28.8 Å². The molecule has 59 heavy (non-hydrogen) atoms. The van der Waals surface area contributed by atoms with Gasteiger partial charge >= 0.3 is 12.1 Å². The number of urea groups is 2. The lowest BCUT2D eigenvalue weighted by Gasteiger charge is -2.38. The fourth-order valence-electron chi connectivity index (χ4n) is 5.96. The van der Waals surface area contributed by atoms with Crippen molar-refractivity contribution in [2.45, 2.75) is 34.1 Å². The highest BCUT2D eigenvalue weighted by Gasteiger charge is 2.45. The van der Waals surface area contributed by atoms with Crippen LogP contribution in [-0.2, 0) is 38.4 Å². The maximum Gasteiger partial charge on any atom is 0.345 e. The van der Waals surface area contributed by atoms with Crippen LogP contribution in [0.3, 0.4) is 0 Å². The van der Waals surface area contributed by atoms with Gasteiger partial charge < -0.3 is 0 Å². The average molecular weight is 783 g/mol. The van der Waals surface area contributed by atoms with E-state index in [-0.39, 0.29) is 14.9 Å². The van der Waals surface area contributed by atoms with Crippen molar-refractivity contribution < 1.29 is 28.8 Å². The standard InChI is InChI=1S/C30H20N4O4.C15H10N2O2.2CH4/c35-19-31-25-9-1-21(2-10-25)17-23-5-13-27(14-6-23)33-29(37)34(30(33)38)28-15-7-24(8-16-28)18-22-3-11-26(12-4-22)32-20-36;18-10-16-14-5-1-12(2-6-14)9-13-3-7-15(8-4-13)17-11-19;;/h1-16H,17-18H2;1-8H,9H2;2*1H4. The Balaban J connectivity index is 0.000000310. The Kier molecular flexibility index (Phi) is 15.6. The lowest BCUT2D eigenvalue weighted by molar-refractivity contribution is 0.226. The van der Waals surface area contributed by atoms with Crippen molar-refractivity contribution in [3.05, 3.63) is 179 Å². The van der Waals surface area contributed by atoms with Crippen LogP contribution in [0.1, 0.15) is 48.2 Å². The summed E-state index contributed by atoms with van der Waals surface area (Å²) in [5.74, 6) is 0. The van der Waals surface area contributed by atoms with Crippen LogP contribution < -0.4 is 9.80 Å². The first-order valence-corrected chi connectivity index (χ1v) is 17.4. The minimum absolute atomic E-state index is 0. The molecule has 12 nitrogen and oxygen atoms in total. The zero-order valence-electron chi connectivity index (χ0n) is 30.1. The fraction of sp³-hybridized carbons (Fsp3) is 0.106. The normalized spacial score (nSPS) is 11.0. The minimum Gasteiger partial charge on any atom is -0.246 e. The van der Waals surface area contributed by atoms with Crippen molar-refractivity contribution in [1.82, 2.24) is 0 Å². The van der Waals surface area contributed by atoms with Gasteiger partial charge in [0.15, 0.2) is 0 Å². The predicted molar refractivity (Wildman–Crippen MR) is 227 cm³/mol. The Morgan fingerprint density at radius 1 is 0.322 bits per heavy atom. The largest absolute Gasteiger partial charge is 0.345 e. The molecule has 292 valence electrons. The summed E-state index contributed by atoms with van der Waals surface area (Å²) >= 11 is 0. The van der Waals surface area contributed by atoms with Crippen molar-refractivity contribution in [3.63, 3.8) is 0 Å². The molecule has 0 bridgehead atoms. The van der Waals surface area contributed by atoms with Gasteiger partial charge in [-0.15, -0.1) is 0 Å². The van der Waals surface area contributed by atoms with Gasteiger partial charge in [0.2, 0.25) is 24.3 Å². The molecule has 7 rings (SSSR count). The first kappa shape index (κ1) is 43.5. The number of rotatable bonds is 12. The number of benzene rings is 6. The van der Waals surface area contributed by atoms with Crippen molar-refractivity contribution in [3.8, 4) is 0 Å². The van der Waals surface area contributed by atoms with Gasteiger partial charge in [-0.3, -0.25) is 0 Å². The SMILES string of the molecule is C.C.O=C=Nc1ccc(Cc2ccc(N3C(=O)N(c4ccc(Cc5ccc(N=C=O)cc5)cc4)C3=O)cc2)cc1.O=C=Nc1ccc(Cc2ccc(N=C=O)cc2)cc1. The van der Waals surface area contributed by atoms with E-state index in [0.29, 0.717) is 47.0 Å². The van der Waals surface area contributed by atoms with Crippen molar-refractivity contribution in [2.24, 2.45) is 20.0 Å². The highest BCUT2D eigenvalue weighted by atomic mass is 16.2. The molecule has 6 aromatic rings. The summed E-state index contributed by atoms with van der Waals surface area (Å²) in [7, 11) is 0. The quantitative estimate of drug-likeness (QED) is 0.0887. The molecule has 1 fully saturated rings. The van der Waals surface area contributed by atoms with Crippen molar-refractivity contribution >= 4 is 70.5 Å². The summed E-state index contributed by atoms with van der Waals surface area (Å²) in [5, 5.41) is 0. The van der Waals surface area contributed by atoms with E-state index in [1.807, 2.05) is 72.8 Å². The second-order valence-corrected chi connectivity index (χ2v) is 12.6. The Bertz CT molecular complexity index is 2370. The van der Waals surface area contributed by atoms with Gasteiger partial charge in [-0.05, 0) is 125 Å². The number of hydrogen-bond acceptors (Lipinski definition) is 10. The minimum atomic E-state index is -0.409. The average Bonchev–Trinajstić information content (AvgIpc) is 3.23. The molecule has 0 unspecified atom stereocenters. The highest BCUT2D eigenvalue weighted by Crippen LogP contribution is 2.31. The van der Waals surface area contributed by atoms with Gasteiger partial charge in [0, 0.05) is 0 Å². The van der Waals surface area contributed by atoms with Crippen LogP contribution in [0.4, 0.5) is 43.7 Å². The molecule has 12 heteroatoms. The van der Waals surface area contributed by atoms with Crippen LogP contribution in [-0.4, -0.2) is 36.4 Å². The zero-order valence-corrected chi connectivity index (χ0v) is 30.1. The molecule has 0 N–H and O–H groups in total. The van der Waals surface area contributed by atoms with Crippen molar-refractivity contribution in [1.29, 1.82) is 0 Å². The van der Waals surface area contributed by atoms with Gasteiger partial charge in [0.25, 0.3) is 0 Å². The van der Waals surface area contributed by atoms with Crippen molar-refractivity contribution in [2.75, 3.05) is 9.80 Å². The monoisotopic (exact) mass is 782 g/mol. The summed E-state index contributed by atoms with van der Waals surface area (Å²) in [5.41, 5.74) is 9.62. The zero-order chi connectivity index (χ0) is 40.0. The topological polar surface area (TPSA) is 158 Å². The van der Waals surface area contributed by atoms with Gasteiger partial charge in [-0.1, -0.05) is 87.6 Å². The number of carbonyl (C=O) groups is 2. The molecular weight excluding hydrogens is 745 g/mol. The second-order valence-electron chi connectivity index (χ2n) is 12.6. The number of carbonyl (C=O) groups excluding carboxylic acids is 6. The second kappa shape index (κ2) is 21.2. The smallest absolute Gasteiger partial charge is 0.246 e. The van der Waals surface area contributed by atoms with E-state index < -0.39 is 12.1 Å². The molecule has 1 saturated heterocycles. The molecule has 0 aliphatic carbocycles. The number of hydrogen-bond donors (Lipinski definition) is 0. The maximum absolute atomic E-state index is 12.9. The first-order valence-electron chi connectivity index (χ1n) is 17.4. The summed E-state index contributed by atoms with van der Waals surface area (Å²) in [6, 6.07) is 42.9. The number of amides is 4. The van der Waals surface area contributed by atoms with E-state index in [1.54, 1.807) is 72.8 Å². The summed E-state index contributed by atoms with van der Waals surface area (Å²) < 4.78 is 0. The highest BCUT2D eigenvalue weighted by molar-refractivity contribution is 6.41. The number of nitrogens with zero attached hydrogens (tertiary/aromatic N) is 6. The van der Waals surface area contributed by atoms with Gasteiger partial charge in [-0.2, -0.15) is 20.0 Å². The van der Waals surface area contributed by atoms with E-state index in [0.717, 1.165) is 49.6 Å². The van der Waals surface area contributed by atoms with E-state index in [4.69, 9.17) is 0 Å². The van der Waals surface area contributed by atoms with Gasteiger partial charge in [0.1, 0.15) is 0 Å². The molecule has 1 aliphatic rings. The predicted octanol–water partition coefficient (Wildman–Crippen LogP) is 10.9. The molecule has 0 atom stereocenters. The maximum atomic E-state index is 12.9. The number of aliphatic imine (C=N–C) groups is 4. The number of anilines is 2. The van der Waals surface area contributed by atoms with E-state index in [2.05, 4.69) is 20.0 Å². The number of imide groups is 2. The Morgan fingerprint density at radius 2 is 0.508 bits per heavy atom. The van der Waals surface area contributed by atoms with Crippen LogP contribution in [0, 0.1) is 0 Å². The molecule has 0 spiro atoms. The fourth-order valence-corrected chi connectivity index (χ4v) is 5.96. The molecule has 1 aliphatic heterocycles. The lowest BCUT2D eigenvalue weighted by Crippen LogP contribution is -2.64. The van der Waals surface area contributed by atoms with Crippen LogP contribution in [0.2, 0.25) is 0 Å². The van der Waals surface area contributed by atoms with Crippen LogP contribution in [0.15, 0.2) is 166 Å². The van der Waals surface area contributed by atoms with E-state index >= 15 is 0 Å². The third kappa shape index (κ3) is 11.4. The number of isocyanates is 4. The Morgan fingerprint density at radius 3 is 0.695 bits per heavy atom. The molecule has 6 aromatic carbocycles. The summed E-state index contributed by atoms with van der Waals surface area (Å²) in [4.78, 5) is 83.2. The Labute approximate surface area is 341 Å².